The Kier molecular flexibility index (Phi) is 4.07. The average molecular weight is 365 g/mol. The van der Waals surface area contributed by atoms with Gasteiger partial charge in [-0.25, -0.2) is 4.79 Å². The Morgan fingerprint density at radius 3 is 2.67 bits per heavy atom. The van der Waals surface area contributed by atoms with Crippen LogP contribution in [-0.4, -0.2) is 21.6 Å². The van der Waals surface area contributed by atoms with Crippen molar-refractivity contribution in [3.8, 4) is 17.1 Å². The molecule has 3 aromatic rings. The van der Waals surface area contributed by atoms with Crippen LogP contribution in [0.5, 0.6) is 5.75 Å². The Balaban J connectivity index is 1.56. The zero-order valence-corrected chi connectivity index (χ0v) is 15.0. The van der Waals surface area contributed by atoms with E-state index in [-0.39, 0.29) is 11.5 Å². The highest BCUT2D eigenvalue weighted by atomic mass is 16.5. The molecule has 1 amide bonds. The Hall–Kier alpha value is -3.35. The normalized spacial score (nSPS) is 14.9. The molecule has 0 saturated carbocycles. The van der Waals surface area contributed by atoms with Gasteiger partial charge in [0.1, 0.15) is 11.4 Å². The molecule has 0 bridgehead atoms. The lowest BCUT2D eigenvalue weighted by Crippen LogP contribution is -2.33. The molecular weight excluding hydrogens is 346 g/mol. The number of para-hydroxylation sites is 1. The number of aromatic nitrogens is 2. The maximum atomic E-state index is 12.7. The van der Waals surface area contributed by atoms with Gasteiger partial charge in [-0.05, 0) is 50.5 Å². The quantitative estimate of drug-likeness (QED) is 0.741. The molecule has 2 heterocycles. The number of aromatic amines is 1. The maximum Gasteiger partial charge on any atom is 0.439 e. The van der Waals surface area contributed by atoms with Crippen LogP contribution in [-0.2, 0) is 6.42 Å². The SMILES string of the molecule is CC1(C)CCc2cccc(NC(=O)c3ccc(-c4noc(=O)[nH]4)cc3)c2O1. The number of H-pyrrole nitrogens is 1. The molecule has 138 valence electrons. The molecule has 0 aliphatic carbocycles. The predicted molar refractivity (Wildman–Crippen MR) is 100.0 cm³/mol. The number of ether oxygens (including phenoxy) is 1. The number of amides is 1. The van der Waals surface area contributed by atoms with Gasteiger partial charge in [0.25, 0.3) is 5.91 Å². The average Bonchev–Trinajstić information content (AvgIpc) is 3.08. The van der Waals surface area contributed by atoms with Crippen molar-refractivity contribution < 1.29 is 14.1 Å². The van der Waals surface area contributed by atoms with Crippen LogP contribution in [0, 0.1) is 0 Å². The fourth-order valence-corrected chi connectivity index (χ4v) is 3.09. The summed E-state index contributed by atoms with van der Waals surface area (Å²) in [6, 6.07) is 12.5. The number of carbonyl (C=O) groups is 1. The fourth-order valence-electron chi connectivity index (χ4n) is 3.09. The molecular formula is C20H19N3O4. The highest BCUT2D eigenvalue weighted by molar-refractivity contribution is 6.05. The van der Waals surface area contributed by atoms with Crippen LogP contribution in [0.2, 0.25) is 0 Å². The number of rotatable bonds is 3. The molecule has 1 aromatic heterocycles. The lowest BCUT2D eigenvalue weighted by molar-refractivity contribution is 0.0850. The van der Waals surface area contributed by atoms with Gasteiger partial charge >= 0.3 is 5.76 Å². The van der Waals surface area contributed by atoms with E-state index in [1.165, 1.54) is 0 Å². The van der Waals surface area contributed by atoms with E-state index < -0.39 is 5.76 Å². The number of fused-ring (bicyclic) bond motifs is 1. The number of hydrogen-bond acceptors (Lipinski definition) is 5. The van der Waals surface area contributed by atoms with Gasteiger partial charge in [0.05, 0.1) is 5.69 Å². The van der Waals surface area contributed by atoms with Crippen molar-refractivity contribution in [2.24, 2.45) is 0 Å². The summed E-state index contributed by atoms with van der Waals surface area (Å²) in [6.07, 6.45) is 1.85. The molecule has 0 spiro atoms. The fraction of sp³-hybridized carbons (Fsp3) is 0.250. The van der Waals surface area contributed by atoms with Crippen molar-refractivity contribution in [1.29, 1.82) is 0 Å². The van der Waals surface area contributed by atoms with E-state index >= 15 is 0 Å². The Morgan fingerprint density at radius 2 is 1.96 bits per heavy atom. The number of hydrogen-bond donors (Lipinski definition) is 2. The number of aryl methyl sites for hydroxylation is 1. The highest BCUT2D eigenvalue weighted by Crippen LogP contribution is 2.38. The molecule has 0 saturated heterocycles. The van der Waals surface area contributed by atoms with Gasteiger partial charge in [-0.3, -0.25) is 14.3 Å². The van der Waals surface area contributed by atoms with Crippen LogP contribution in [0.3, 0.4) is 0 Å². The Morgan fingerprint density at radius 1 is 1.19 bits per heavy atom. The summed E-state index contributed by atoms with van der Waals surface area (Å²) in [4.78, 5) is 26.2. The minimum atomic E-state index is -0.622. The molecule has 27 heavy (non-hydrogen) atoms. The van der Waals surface area contributed by atoms with Gasteiger partial charge in [-0.15, -0.1) is 0 Å². The molecule has 0 unspecified atom stereocenters. The van der Waals surface area contributed by atoms with Crippen molar-refractivity contribution in [1.82, 2.24) is 10.1 Å². The summed E-state index contributed by atoms with van der Waals surface area (Å²) in [5, 5.41) is 6.56. The minimum absolute atomic E-state index is 0.240. The first kappa shape index (κ1) is 17.1. The standard InChI is InChI=1S/C20H19N3O4/c1-20(2)11-10-12-4-3-5-15(16(12)26-20)21-18(24)14-8-6-13(7-9-14)17-22-19(25)27-23-17/h3-9H,10-11H2,1-2H3,(H,21,24)(H,22,23,25). The Bertz CT molecular complexity index is 1050. The predicted octanol–water partition coefficient (Wildman–Crippen LogP) is 3.39. The second-order valence-corrected chi connectivity index (χ2v) is 7.13. The number of nitrogens with one attached hydrogen (secondary N) is 2. The molecule has 2 aromatic carbocycles. The molecule has 1 aliphatic rings. The largest absolute Gasteiger partial charge is 0.485 e. The van der Waals surface area contributed by atoms with E-state index in [1.807, 2.05) is 32.0 Å². The topological polar surface area (TPSA) is 97.2 Å². The Labute approximate surface area is 155 Å². The first-order chi connectivity index (χ1) is 12.9. The number of benzene rings is 2. The third kappa shape index (κ3) is 3.48. The first-order valence-electron chi connectivity index (χ1n) is 8.70. The van der Waals surface area contributed by atoms with E-state index in [4.69, 9.17) is 4.74 Å². The van der Waals surface area contributed by atoms with E-state index in [1.54, 1.807) is 24.3 Å². The molecule has 2 N–H and O–H groups in total. The zero-order chi connectivity index (χ0) is 19.0. The second kappa shape index (κ2) is 6.42. The molecule has 7 heteroatoms. The summed E-state index contributed by atoms with van der Waals surface area (Å²) in [5.74, 6) is 0.192. The number of anilines is 1. The second-order valence-electron chi connectivity index (χ2n) is 7.13. The van der Waals surface area contributed by atoms with Crippen molar-refractivity contribution in [3.63, 3.8) is 0 Å². The molecule has 0 radical (unpaired) electrons. The molecule has 7 nitrogen and oxygen atoms in total. The zero-order valence-electron chi connectivity index (χ0n) is 15.0. The van der Waals surface area contributed by atoms with Crippen LogP contribution < -0.4 is 15.8 Å². The molecule has 0 fully saturated rings. The summed E-state index contributed by atoms with van der Waals surface area (Å²) >= 11 is 0. The monoisotopic (exact) mass is 365 g/mol. The van der Waals surface area contributed by atoms with Crippen LogP contribution in [0.4, 0.5) is 5.69 Å². The molecule has 4 rings (SSSR count). The summed E-state index contributed by atoms with van der Waals surface area (Å²) in [6.45, 7) is 4.09. The van der Waals surface area contributed by atoms with Crippen LogP contribution in [0.1, 0.15) is 36.2 Å². The first-order valence-corrected chi connectivity index (χ1v) is 8.70. The van der Waals surface area contributed by atoms with Gasteiger partial charge in [-0.2, -0.15) is 0 Å². The molecule has 1 aliphatic heterocycles. The van der Waals surface area contributed by atoms with Gasteiger partial charge < -0.3 is 10.1 Å². The summed E-state index contributed by atoms with van der Waals surface area (Å²) in [5.41, 5.74) is 2.63. The van der Waals surface area contributed by atoms with E-state index in [0.29, 0.717) is 22.6 Å². The van der Waals surface area contributed by atoms with Crippen molar-refractivity contribution in [3.05, 3.63) is 64.1 Å². The van der Waals surface area contributed by atoms with Crippen molar-refractivity contribution >= 4 is 11.6 Å². The van der Waals surface area contributed by atoms with Crippen LogP contribution in [0.15, 0.2) is 51.8 Å². The smallest absolute Gasteiger partial charge is 0.439 e. The van der Waals surface area contributed by atoms with E-state index in [2.05, 4.69) is 20.0 Å². The maximum absolute atomic E-state index is 12.7. The highest BCUT2D eigenvalue weighted by Gasteiger charge is 2.28. The number of carbonyl (C=O) groups excluding carboxylic acids is 1. The number of nitrogens with zero attached hydrogens (tertiary/aromatic N) is 1. The van der Waals surface area contributed by atoms with Crippen molar-refractivity contribution in [2.45, 2.75) is 32.3 Å². The third-order valence-electron chi connectivity index (χ3n) is 4.58. The van der Waals surface area contributed by atoms with Gasteiger partial charge in [0, 0.05) is 11.1 Å². The van der Waals surface area contributed by atoms with Gasteiger partial charge in [0.15, 0.2) is 5.82 Å². The summed E-state index contributed by atoms with van der Waals surface area (Å²) in [7, 11) is 0. The van der Waals surface area contributed by atoms with E-state index in [9.17, 15) is 9.59 Å². The molecule has 0 atom stereocenters. The third-order valence-corrected chi connectivity index (χ3v) is 4.58. The lowest BCUT2D eigenvalue weighted by Gasteiger charge is -2.33. The van der Waals surface area contributed by atoms with Gasteiger partial charge in [-0.1, -0.05) is 29.4 Å². The van der Waals surface area contributed by atoms with Crippen LogP contribution in [0.25, 0.3) is 11.4 Å². The van der Waals surface area contributed by atoms with Crippen molar-refractivity contribution in [2.75, 3.05) is 5.32 Å². The van der Waals surface area contributed by atoms with E-state index in [0.717, 1.165) is 24.2 Å². The van der Waals surface area contributed by atoms with Crippen LogP contribution >= 0.6 is 0 Å². The summed E-state index contributed by atoms with van der Waals surface area (Å²) < 4.78 is 10.6. The van der Waals surface area contributed by atoms with Gasteiger partial charge in [0.2, 0.25) is 0 Å². The lowest BCUT2D eigenvalue weighted by atomic mass is 9.94. The minimum Gasteiger partial charge on any atom is -0.485 e.